The number of aryl methyl sites for hydroxylation is 2. The van der Waals surface area contributed by atoms with Crippen LogP contribution in [0.2, 0.25) is 5.02 Å². The van der Waals surface area contributed by atoms with Crippen LogP contribution in [0.25, 0.3) is 23.3 Å². The fraction of sp³-hybridized carbons (Fsp3) is 0.222. The summed E-state index contributed by atoms with van der Waals surface area (Å²) in [4.78, 5) is 52.4. The molecule has 0 unspecified atom stereocenters. The van der Waals surface area contributed by atoms with Crippen molar-refractivity contribution in [1.82, 2.24) is 9.97 Å². The maximum Gasteiger partial charge on any atom is 0.303 e. The van der Waals surface area contributed by atoms with Crippen molar-refractivity contribution < 1.29 is 29.4 Å². The summed E-state index contributed by atoms with van der Waals surface area (Å²) in [5.41, 5.74) is 11.8. The van der Waals surface area contributed by atoms with Gasteiger partial charge in [-0.25, -0.2) is 0 Å². The van der Waals surface area contributed by atoms with Crippen molar-refractivity contribution in [2.75, 3.05) is 10.6 Å². The number of aromatic nitrogens is 2. The van der Waals surface area contributed by atoms with E-state index in [2.05, 4.69) is 20.6 Å². The van der Waals surface area contributed by atoms with E-state index in [1.54, 1.807) is 24.4 Å². The first-order chi connectivity index (χ1) is 22.3. The number of fused-ring (bicyclic) bond motifs is 2. The number of hydrogen-bond donors (Lipinski definition) is 6. The molecule has 4 heterocycles. The predicted molar refractivity (Wildman–Crippen MR) is 183 cm³/mol. The van der Waals surface area contributed by atoms with Crippen LogP contribution in [0.4, 0.5) is 11.4 Å². The Morgan fingerprint density at radius 2 is 1.40 bits per heavy atom. The van der Waals surface area contributed by atoms with Gasteiger partial charge >= 0.3 is 11.9 Å². The first-order valence-electron chi connectivity index (χ1n) is 15.1. The minimum Gasteiger partial charge on any atom is -0.481 e. The van der Waals surface area contributed by atoms with Gasteiger partial charge in [0.1, 0.15) is 0 Å². The van der Waals surface area contributed by atoms with Crippen LogP contribution in [0.15, 0.2) is 42.6 Å². The zero-order valence-corrected chi connectivity index (χ0v) is 27.2. The van der Waals surface area contributed by atoms with Gasteiger partial charge in [0, 0.05) is 63.6 Å². The molecule has 2 aromatic carbocycles. The van der Waals surface area contributed by atoms with Gasteiger partial charge in [-0.2, -0.15) is 0 Å². The molecule has 2 aromatic heterocycles. The standard InChI is InChI=1S/C18H17ClN2O3.C18H18N2O3/c1-9-11(3-6-16(22)23)8-20-15(9)7-12-17-10(2)13(19)4-5-14(17)21-18(12)24;1-10-12(7-8-17(21)22)11(2)19-16(10)9-14-13-5-3-4-6-15(13)20-18(14)23/h4-5,7-8,20H,3,6H2,1-2H3,(H,21,24)(H,22,23);3-6,9,19H,7-8H2,1-2H3,(H,20,23)(H,21,22). The van der Waals surface area contributed by atoms with Gasteiger partial charge in [-0.05, 0) is 98.7 Å². The summed E-state index contributed by atoms with van der Waals surface area (Å²) in [6, 6.07) is 11.1. The normalized spacial score (nSPS) is 14.8. The molecule has 47 heavy (non-hydrogen) atoms. The van der Waals surface area contributed by atoms with Crippen molar-refractivity contribution in [3.8, 4) is 0 Å². The molecule has 6 rings (SSSR count). The Morgan fingerprint density at radius 1 is 0.766 bits per heavy atom. The van der Waals surface area contributed by atoms with E-state index >= 15 is 0 Å². The Morgan fingerprint density at radius 3 is 2.13 bits per heavy atom. The molecule has 0 radical (unpaired) electrons. The number of carbonyl (C=O) groups is 4. The number of H-pyrrole nitrogens is 2. The summed E-state index contributed by atoms with van der Waals surface area (Å²) in [5.74, 6) is -1.93. The van der Waals surface area contributed by atoms with Gasteiger partial charge in [-0.1, -0.05) is 29.8 Å². The highest BCUT2D eigenvalue weighted by Crippen LogP contribution is 2.39. The van der Waals surface area contributed by atoms with Crippen molar-refractivity contribution in [1.29, 1.82) is 0 Å². The van der Waals surface area contributed by atoms with E-state index in [0.29, 0.717) is 29.0 Å². The third kappa shape index (κ3) is 6.92. The zero-order valence-electron chi connectivity index (χ0n) is 26.4. The second-order valence-electron chi connectivity index (χ2n) is 11.6. The molecule has 0 atom stereocenters. The number of nitrogens with one attached hydrogen (secondary N) is 4. The summed E-state index contributed by atoms with van der Waals surface area (Å²) in [7, 11) is 0. The molecule has 11 heteroatoms. The lowest BCUT2D eigenvalue weighted by Gasteiger charge is -2.05. The molecule has 2 aliphatic heterocycles. The van der Waals surface area contributed by atoms with Crippen LogP contribution in [0.1, 0.15) is 68.9 Å². The second kappa shape index (κ2) is 13.6. The molecule has 2 aliphatic rings. The summed E-state index contributed by atoms with van der Waals surface area (Å²) in [5, 5.41) is 24.0. The van der Waals surface area contributed by atoms with Crippen molar-refractivity contribution in [2.24, 2.45) is 0 Å². The quantitative estimate of drug-likeness (QED) is 0.113. The maximum absolute atomic E-state index is 12.3. The molecule has 0 spiro atoms. The molecule has 242 valence electrons. The third-order valence-electron chi connectivity index (χ3n) is 8.56. The molecular weight excluding hydrogens is 620 g/mol. The molecule has 10 nitrogen and oxygen atoms in total. The van der Waals surface area contributed by atoms with Crippen molar-refractivity contribution in [3.63, 3.8) is 0 Å². The maximum atomic E-state index is 12.3. The van der Waals surface area contributed by atoms with E-state index in [1.165, 1.54) is 0 Å². The lowest BCUT2D eigenvalue weighted by Crippen LogP contribution is -2.03. The lowest BCUT2D eigenvalue weighted by molar-refractivity contribution is -0.138. The van der Waals surface area contributed by atoms with E-state index in [1.807, 2.05) is 58.0 Å². The van der Waals surface area contributed by atoms with E-state index in [-0.39, 0.29) is 24.7 Å². The molecule has 0 saturated carbocycles. The van der Waals surface area contributed by atoms with Crippen LogP contribution in [-0.2, 0) is 32.0 Å². The van der Waals surface area contributed by atoms with E-state index in [4.69, 9.17) is 21.8 Å². The van der Waals surface area contributed by atoms with Crippen molar-refractivity contribution in [2.45, 2.75) is 53.4 Å². The highest BCUT2D eigenvalue weighted by atomic mass is 35.5. The Hall–Kier alpha value is -5.35. The zero-order chi connectivity index (χ0) is 34.0. The summed E-state index contributed by atoms with van der Waals surface area (Å²) >= 11 is 6.18. The molecule has 2 amide bonds. The van der Waals surface area contributed by atoms with Crippen LogP contribution in [0, 0.1) is 27.7 Å². The smallest absolute Gasteiger partial charge is 0.303 e. The summed E-state index contributed by atoms with van der Waals surface area (Å²) < 4.78 is 0. The number of carboxylic acids is 2. The number of aromatic amines is 2. The van der Waals surface area contributed by atoms with Crippen LogP contribution in [-0.4, -0.2) is 43.9 Å². The lowest BCUT2D eigenvalue weighted by atomic mass is 9.99. The molecule has 6 N–H and O–H groups in total. The van der Waals surface area contributed by atoms with Crippen LogP contribution in [0.5, 0.6) is 0 Å². The molecule has 0 saturated heterocycles. The van der Waals surface area contributed by atoms with Crippen LogP contribution >= 0.6 is 11.6 Å². The second-order valence-corrected chi connectivity index (χ2v) is 12.0. The summed E-state index contributed by atoms with van der Waals surface area (Å²) in [6.07, 6.45) is 6.54. The predicted octanol–water partition coefficient (Wildman–Crippen LogP) is 6.94. The van der Waals surface area contributed by atoms with Gasteiger partial charge in [0.2, 0.25) is 0 Å². The topological polar surface area (TPSA) is 164 Å². The number of para-hydroxylation sites is 1. The fourth-order valence-corrected chi connectivity index (χ4v) is 6.08. The number of rotatable bonds is 8. The Kier molecular flexibility index (Phi) is 9.53. The highest BCUT2D eigenvalue weighted by molar-refractivity contribution is 6.37. The number of carbonyl (C=O) groups excluding carboxylic acids is 2. The van der Waals surface area contributed by atoms with Gasteiger partial charge in [0.05, 0.1) is 11.1 Å². The number of halogens is 1. The van der Waals surface area contributed by atoms with Crippen molar-refractivity contribution in [3.05, 3.63) is 104 Å². The van der Waals surface area contributed by atoms with Crippen molar-refractivity contribution >= 4 is 70.0 Å². The molecule has 0 bridgehead atoms. The minimum atomic E-state index is -0.829. The number of benzene rings is 2. The SMILES string of the molecule is Cc1[nH]c(C=C2C(=O)Nc3ccccc32)c(C)c1CCC(=O)O.Cc1c(CCC(=O)O)c[nH]c1C=C1C(=O)Nc2ccc(Cl)c(C)c21. The van der Waals surface area contributed by atoms with Gasteiger partial charge < -0.3 is 30.8 Å². The largest absolute Gasteiger partial charge is 0.481 e. The van der Waals surface area contributed by atoms with E-state index in [9.17, 15) is 19.2 Å². The minimum absolute atomic E-state index is 0.0761. The molecule has 0 aliphatic carbocycles. The number of amides is 2. The number of hydrogen-bond acceptors (Lipinski definition) is 4. The first-order valence-corrected chi connectivity index (χ1v) is 15.5. The third-order valence-corrected chi connectivity index (χ3v) is 8.97. The average Bonchev–Trinajstić information content (AvgIpc) is 3.72. The Bertz CT molecular complexity index is 2000. The first kappa shape index (κ1) is 33.0. The number of aliphatic carboxylic acids is 2. The average molecular weight is 655 g/mol. The number of anilines is 2. The Balaban J connectivity index is 0.000000185. The van der Waals surface area contributed by atoms with Gasteiger partial charge in [-0.3, -0.25) is 19.2 Å². The molecule has 0 fully saturated rings. The highest BCUT2D eigenvalue weighted by Gasteiger charge is 2.27. The van der Waals surface area contributed by atoms with Gasteiger partial charge in [-0.15, -0.1) is 0 Å². The Labute approximate surface area is 276 Å². The monoisotopic (exact) mass is 654 g/mol. The fourth-order valence-electron chi connectivity index (χ4n) is 5.92. The summed E-state index contributed by atoms with van der Waals surface area (Å²) in [6.45, 7) is 7.68. The van der Waals surface area contributed by atoms with E-state index in [0.717, 1.165) is 67.4 Å². The van der Waals surface area contributed by atoms with Gasteiger partial charge in [0.15, 0.2) is 0 Å². The van der Waals surface area contributed by atoms with Crippen LogP contribution in [0.3, 0.4) is 0 Å². The molecule has 4 aromatic rings. The number of carboxylic acid groups (broad SMARTS) is 2. The molecular formula is C36H35ClN4O6. The van der Waals surface area contributed by atoms with Crippen LogP contribution < -0.4 is 10.6 Å². The van der Waals surface area contributed by atoms with E-state index < -0.39 is 11.9 Å². The van der Waals surface area contributed by atoms with Gasteiger partial charge in [0.25, 0.3) is 11.8 Å².